The smallest absolute Gasteiger partial charge is 0.220 e. The largest absolute Gasteiger partial charge is 0.497 e. The Kier molecular flexibility index (Phi) is 7.20. The van der Waals surface area contributed by atoms with Crippen molar-refractivity contribution in [1.29, 1.82) is 0 Å². The Hall–Kier alpha value is -2.44. The zero-order chi connectivity index (χ0) is 21.5. The first-order valence-corrected chi connectivity index (χ1v) is 11.3. The molecule has 0 radical (unpaired) electrons. The highest BCUT2D eigenvalue weighted by Gasteiger charge is 2.42. The number of aryl methyl sites for hydroxylation is 1. The number of hydrogen-bond acceptors (Lipinski definition) is 5. The van der Waals surface area contributed by atoms with E-state index in [0.29, 0.717) is 19.4 Å². The van der Waals surface area contributed by atoms with E-state index in [1.54, 1.807) is 7.11 Å². The van der Waals surface area contributed by atoms with Crippen LogP contribution in [0.4, 0.5) is 0 Å². The zero-order valence-corrected chi connectivity index (χ0v) is 18.4. The van der Waals surface area contributed by atoms with Crippen molar-refractivity contribution in [3.63, 3.8) is 0 Å². The molecular weight excluding hydrogens is 390 g/mol. The lowest BCUT2D eigenvalue weighted by Gasteiger charge is -2.39. The van der Waals surface area contributed by atoms with Crippen molar-refractivity contribution < 1.29 is 14.3 Å². The number of pyridine rings is 1. The molecule has 166 valence electrons. The minimum absolute atomic E-state index is 0.00469. The predicted molar refractivity (Wildman–Crippen MR) is 120 cm³/mol. The van der Waals surface area contributed by atoms with Crippen LogP contribution in [0.5, 0.6) is 5.75 Å². The van der Waals surface area contributed by atoms with Crippen molar-refractivity contribution in [2.75, 3.05) is 26.7 Å². The number of benzene rings is 1. The molecule has 6 nitrogen and oxygen atoms in total. The Bertz CT molecular complexity index is 850. The van der Waals surface area contributed by atoms with E-state index in [9.17, 15) is 4.79 Å². The van der Waals surface area contributed by atoms with E-state index in [1.165, 1.54) is 5.56 Å². The average Bonchev–Trinajstić information content (AvgIpc) is 3.21. The maximum absolute atomic E-state index is 12.3. The molecule has 1 atom stereocenters. The van der Waals surface area contributed by atoms with Crippen molar-refractivity contribution >= 4 is 5.91 Å². The molecule has 0 bridgehead atoms. The number of nitrogens with zero attached hydrogens (tertiary/aromatic N) is 2. The van der Waals surface area contributed by atoms with Gasteiger partial charge in [0.2, 0.25) is 5.91 Å². The molecule has 6 heteroatoms. The quantitative estimate of drug-likeness (QED) is 0.705. The summed E-state index contributed by atoms with van der Waals surface area (Å²) in [5, 5.41) is 3.08. The van der Waals surface area contributed by atoms with Crippen molar-refractivity contribution in [2.45, 2.75) is 56.8 Å². The minimum Gasteiger partial charge on any atom is -0.497 e. The van der Waals surface area contributed by atoms with Gasteiger partial charge < -0.3 is 14.8 Å². The molecule has 1 aromatic heterocycles. The number of hydrogen-bond donors (Lipinski definition) is 1. The van der Waals surface area contributed by atoms with E-state index in [-0.39, 0.29) is 17.6 Å². The normalized spacial score (nSPS) is 20.6. The van der Waals surface area contributed by atoms with Crippen LogP contribution in [-0.4, -0.2) is 54.2 Å². The van der Waals surface area contributed by atoms with Crippen LogP contribution in [0.3, 0.4) is 0 Å². The molecule has 1 unspecified atom stereocenters. The van der Waals surface area contributed by atoms with Crippen molar-refractivity contribution in [3.05, 3.63) is 59.9 Å². The van der Waals surface area contributed by atoms with Gasteiger partial charge in [0.25, 0.3) is 0 Å². The molecule has 1 aromatic carbocycles. The highest BCUT2D eigenvalue weighted by molar-refractivity contribution is 5.76. The maximum Gasteiger partial charge on any atom is 0.220 e. The topological polar surface area (TPSA) is 63.7 Å². The van der Waals surface area contributed by atoms with E-state index in [2.05, 4.69) is 27.3 Å². The summed E-state index contributed by atoms with van der Waals surface area (Å²) in [5.41, 5.74) is 2.43. The molecule has 1 amide bonds. The second-order valence-corrected chi connectivity index (χ2v) is 8.75. The Morgan fingerprint density at radius 3 is 2.77 bits per heavy atom. The predicted octanol–water partition coefficient (Wildman–Crippen LogP) is 3.35. The summed E-state index contributed by atoms with van der Waals surface area (Å²) < 4.78 is 11.7. The van der Waals surface area contributed by atoms with Crippen LogP contribution in [0, 0.1) is 0 Å². The van der Waals surface area contributed by atoms with E-state index in [4.69, 9.17) is 9.47 Å². The summed E-state index contributed by atoms with van der Waals surface area (Å²) in [6, 6.07) is 12.1. The van der Waals surface area contributed by atoms with Gasteiger partial charge in [-0.1, -0.05) is 12.1 Å². The van der Waals surface area contributed by atoms with Crippen LogP contribution >= 0.6 is 0 Å². The number of aromatic nitrogens is 1. The molecule has 2 aliphatic heterocycles. The van der Waals surface area contributed by atoms with Crippen LogP contribution in [-0.2, 0) is 22.5 Å². The first kappa shape index (κ1) is 21.8. The molecule has 31 heavy (non-hydrogen) atoms. The zero-order valence-electron chi connectivity index (χ0n) is 18.4. The van der Waals surface area contributed by atoms with E-state index >= 15 is 0 Å². The van der Waals surface area contributed by atoms with Crippen molar-refractivity contribution in [2.24, 2.45) is 0 Å². The Balaban J connectivity index is 1.16. The van der Waals surface area contributed by atoms with Crippen LogP contribution in [0.15, 0.2) is 48.8 Å². The first-order valence-electron chi connectivity index (χ1n) is 11.3. The molecule has 4 rings (SSSR count). The fraction of sp³-hybridized carbons (Fsp3) is 0.520. The van der Waals surface area contributed by atoms with Gasteiger partial charge in [-0.25, -0.2) is 0 Å². The van der Waals surface area contributed by atoms with Crippen LogP contribution < -0.4 is 10.1 Å². The average molecular weight is 424 g/mol. The van der Waals surface area contributed by atoms with E-state index in [1.807, 2.05) is 36.7 Å². The molecule has 1 N–H and O–H groups in total. The molecule has 0 saturated carbocycles. The third kappa shape index (κ3) is 6.05. The van der Waals surface area contributed by atoms with Gasteiger partial charge in [0.15, 0.2) is 0 Å². The Morgan fingerprint density at radius 2 is 2.00 bits per heavy atom. The Labute approximate surface area is 185 Å². The number of carbonyl (C=O) groups excluding carboxylic acids is 1. The summed E-state index contributed by atoms with van der Waals surface area (Å²) in [4.78, 5) is 18.9. The molecule has 1 spiro atoms. The standard InChI is InChI=1S/C25H33N3O3/c1-30-22-4-2-3-20(17-22)5-6-24(29)27-18-23-7-10-25(31-23)11-15-28(16-12-25)19-21-8-13-26-14-9-21/h2-4,8-9,13-14,17,23H,5-7,10-12,15-16,18-19H2,1H3,(H,27,29). The molecule has 2 aliphatic rings. The maximum atomic E-state index is 12.3. The minimum atomic E-state index is 0.00469. The van der Waals surface area contributed by atoms with Gasteiger partial charge in [0, 0.05) is 45.0 Å². The highest BCUT2D eigenvalue weighted by atomic mass is 16.5. The van der Waals surface area contributed by atoms with Crippen LogP contribution in [0.1, 0.15) is 43.2 Å². The van der Waals surface area contributed by atoms with Crippen LogP contribution in [0.25, 0.3) is 0 Å². The lowest BCUT2D eigenvalue weighted by atomic mass is 9.88. The van der Waals surface area contributed by atoms with Gasteiger partial charge in [-0.05, 0) is 67.5 Å². The number of methoxy groups -OCH3 is 1. The third-order valence-electron chi connectivity index (χ3n) is 6.56. The molecule has 2 fully saturated rings. The van der Waals surface area contributed by atoms with Gasteiger partial charge in [0.05, 0.1) is 18.8 Å². The highest BCUT2D eigenvalue weighted by Crippen LogP contribution is 2.39. The number of nitrogens with one attached hydrogen (secondary N) is 1. The number of carbonyl (C=O) groups is 1. The molecular formula is C25H33N3O3. The summed E-state index contributed by atoms with van der Waals surface area (Å²) >= 11 is 0. The number of amides is 1. The summed E-state index contributed by atoms with van der Waals surface area (Å²) in [6.07, 6.45) is 9.30. The van der Waals surface area contributed by atoms with Gasteiger partial charge in [-0.3, -0.25) is 14.7 Å². The summed E-state index contributed by atoms with van der Waals surface area (Å²) in [5.74, 6) is 0.911. The molecule has 0 aliphatic carbocycles. The second-order valence-electron chi connectivity index (χ2n) is 8.75. The fourth-order valence-corrected chi connectivity index (χ4v) is 4.67. The SMILES string of the molecule is COc1cccc(CCC(=O)NCC2CCC3(CCN(Cc4ccncc4)CC3)O2)c1. The first-order chi connectivity index (χ1) is 15.1. The molecule has 2 saturated heterocycles. The van der Waals surface area contributed by atoms with Crippen molar-refractivity contribution in [1.82, 2.24) is 15.2 Å². The summed E-state index contributed by atoms with van der Waals surface area (Å²) in [7, 11) is 1.66. The number of piperidine rings is 1. The third-order valence-corrected chi connectivity index (χ3v) is 6.56. The second kappa shape index (κ2) is 10.2. The molecule has 2 aromatic rings. The van der Waals surface area contributed by atoms with Crippen molar-refractivity contribution in [3.8, 4) is 5.75 Å². The monoisotopic (exact) mass is 423 g/mol. The van der Waals surface area contributed by atoms with Gasteiger partial charge in [0.1, 0.15) is 5.75 Å². The summed E-state index contributed by atoms with van der Waals surface area (Å²) in [6.45, 7) is 3.70. The number of ether oxygens (including phenoxy) is 2. The Morgan fingerprint density at radius 1 is 1.19 bits per heavy atom. The molecule has 3 heterocycles. The number of rotatable bonds is 8. The van der Waals surface area contributed by atoms with Crippen LogP contribution in [0.2, 0.25) is 0 Å². The fourth-order valence-electron chi connectivity index (χ4n) is 4.67. The number of likely N-dealkylation sites (tertiary alicyclic amines) is 1. The lowest BCUT2D eigenvalue weighted by molar-refractivity contribution is -0.122. The van der Waals surface area contributed by atoms with Gasteiger partial charge in [-0.2, -0.15) is 0 Å². The van der Waals surface area contributed by atoms with Gasteiger partial charge >= 0.3 is 0 Å². The van der Waals surface area contributed by atoms with Gasteiger partial charge in [-0.15, -0.1) is 0 Å². The van der Waals surface area contributed by atoms with E-state index < -0.39 is 0 Å². The van der Waals surface area contributed by atoms with E-state index in [0.717, 1.165) is 56.6 Å². The lowest BCUT2D eigenvalue weighted by Crippen LogP contribution is -2.44.